The van der Waals surface area contributed by atoms with E-state index in [-0.39, 0.29) is 0 Å². The topological polar surface area (TPSA) is 0 Å². The first-order valence-electron chi connectivity index (χ1n) is 10.3. The van der Waals surface area contributed by atoms with E-state index in [0.717, 1.165) is 35.5 Å². The van der Waals surface area contributed by atoms with Gasteiger partial charge in [-0.3, -0.25) is 0 Å². The van der Waals surface area contributed by atoms with E-state index in [1.54, 1.807) is 0 Å². The van der Waals surface area contributed by atoms with Crippen molar-refractivity contribution in [3.05, 3.63) is 0 Å². The van der Waals surface area contributed by atoms with Gasteiger partial charge in [0.15, 0.2) is 0 Å². The summed E-state index contributed by atoms with van der Waals surface area (Å²) < 4.78 is 0. The molecule has 0 rings (SSSR count). The highest BCUT2D eigenvalue weighted by atomic mass is 14.5. The summed E-state index contributed by atoms with van der Waals surface area (Å²) in [5.74, 6) is 4.94. The van der Waals surface area contributed by atoms with Crippen molar-refractivity contribution < 1.29 is 0 Å². The average molecular weight is 311 g/mol. The molecule has 4 unspecified atom stereocenters. The summed E-state index contributed by atoms with van der Waals surface area (Å²) in [7, 11) is 0. The van der Waals surface area contributed by atoms with Gasteiger partial charge in [0.25, 0.3) is 0 Å². The molecule has 0 radical (unpaired) electrons. The van der Waals surface area contributed by atoms with E-state index in [1.165, 1.54) is 32.1 Å². The molecule has 4 atom stereocenters. The Morgan fingerprint density at radius 2 is 1.09 bits per heavy atom. The van der Waals surface area contributed by atoms with Crippen LogP contribution in [0.3, 0.4) is 0 Å². The number of hydrogen-bond acceptors (Lipinski definition) is 0. The largest absolute Gasteiger partial charge is 0.0651 e. The predicted octanol–water partition coefficient (Wildman–Crippen LogP) is 7.82. The van der Waals surface area contributed by atoms with Crippen molar-refractivity contribution in [1.82, 2.24) is 0 Å². The van der Waals surface area contributed by atoms with E-state index in [1.807, 2.05) is 0 Å². The molecule has 0 nitrogen and oxygen atoms in total. The van der Waals surface area contributed by atoms with Crippen LogP contribution in [0.1, 0.15) is 101 Å². The van der Waals surface area contributed by atoms with Crippen molar-refractivity contribution in [1.29, 1.82) is 0 Å². The fourth-order valence-electron chi connectivity index (χ4n) is 6.03. The molecule has 0 saturated carbocycles. The molecule has 0 aromatic carbocycles. The molecule has 134 valence electrons. The van der Waals surface area contributed by atoms with Gasteiger partial charge in [-0.1, -0.05) is 101 Å². The van der Waals surface area contributed by atoms with Crippen molar-refractivity contribution in [3.8, 4) is 0 Å². The van der Waals surface area contributed by atoms with Crippen LogP contribution in [0.4, 0.5) is 0 Å². The molecule has 0 aromatic rings. The van der Waals surface area contributed by atoms with Crippen molar-refractivity contribution in [2.45, 2.75) is 101 Å². The summed E-state index contributed by atoms with van der Waals surface area (Å²) in [5, 5.41) is 0. The lowest BCUT2D eigenvalue weighted by Crippen LogP contribution is -2.49. The molecule has 0 heteroatoms. The lowest BCUT2D eigenvalue weighted by Gasteiger charge is -2.55. The summed E-state index contributed by atoms with van der Waals surface area (Å²) in [5.41, 5.74) is 0.486. The molecule has 0 aliphatic rings. The van der Waals surface area contributed by atoms with Gasteiger partial charge in [0, 0.05) is 0 Å². The lowest BCUT2D eigenvalue weighted by atomic mass is 9.50. The van der Waals surface area contributed by atoms with E-state index < -0.39 is 0 Å². The van der Waals surface area contributed by atoms with Gasteiger partial charge in [-0.25, -0.2) is 0 Å². The van der Waals surface area contributed by atoms with Crippen LogP contribution in [0, 0.1) is 40.9 Å². The minimum atomic E-state index is 0.486. The summed E-state index contributed by atoms with van der Waals surface area (Å²) in [6.07, 6.45) is 6.64. The molecular weight excluding hydrogens is 264 g/mol. The highest BCUT2D eigenvalue weighted by Crippen LogP contribution is 2.55. The zero-order valence-electron chi connectivity index (χ0n) is 17.5. The Bertz CT molecular complexity index is 272. The Labute approximate surface area is 142 Å². The van der Waals surface area contributed by atoms with Gasteiger partial charge in [-0.05, 0) is 40.9 Å². The SMILES string of the molecule is CCC(CC)C(C)C(C)C(C(C)C)(C(C)CC)C(CC)CC. The Morgan fingerprint density at radius 3 is 1.36 bits per heavy atom. The minimum Gasteiger partial charge on any atom is -0.0651 e. The maximum atomic E-state index is 2.59. The van der Waals surface area contributed by atoms with Gasteiger partial charge >= 0.3 is 0 Å². The van der Waals surface area contributed by atoms with Crippen LogP contribution in [0.25, 0.3) is 0 Å². The Kier molecular flexibility index (Phi) is 9.99. The fraction of sp³-hybridized carbons (Fsp3) is 1.00. The predicted molar refractivity (Wildman–Crippen MR) is 103 cm³/mol. The van der Waals surface area contributed by atoms with Crippen molar-refractivity contribution in [2.75, 3.05) is 0 Å². The van der Waals surface area contributed by atoms with E-state index >= 15 is 0 Å². The second-order valence-electron chi connectivity index (χ2n) is 8.20. The molecule has 0 N–H and O–H groups in total. The Balaban J connectivity index is 5.91. The normalized spacial score (nSPS) is 19.5. The first kappa shape index (κ1) is 22.0. The standard InChI is InChI=1S/C22H46/c1-11-17(8)22(16(6)7,21(14-4)15-5)19(10)18(9)20(12-2)13-3/h16-21H,11-15H2,1-10H3. The van der Waals surface area contributed by atoms with Gasteiger partial charge in [-0.15, -0.1) is 0 Å². The second-order valence-corrected chi connectivity index (χ2v) is 8.20. The molecule has 22 heavy (non-hydrogen) atoms. The zero-order valence-corrected chi connectivity index (χ0v) is 17.5. The van der Waals surface area contributed by atoms with Gasteiger partial charge in [0.2, 0.25) is 0 Å². The van der Waals surface area contributed by atoms with Crippen LogP contribution in [0.15, 0.2) is 0 Å². The molecule has 0 fully saturated rings. The van der Waals surface area contributed by atoms with E-state index in [0.29, 0.717) is 5.41 Å². The Hall–Kier alpha value is 0. The molecule has 0 bridgehead atoms. The smallest absolute Gasteiger partial charge is 0.0192 e. The first-order chi connectivity index (χ1) is 10.3. The summed E-state index contributed by atoms with van der Waals surface area (Å²) in [4.78, 5) is 0. The Morgan fingerprint density at radius 1 is 0.636 bits per heavy atom. The summed E-state index contributed by atoms with van der Waals surface area (Å²) in [6.45, 7) is 24.7. The molecule has 0 aliphatic heterocycles. The third kappa shape index (κ3) is 4.09. The molecule has 0 heterocycles. The van der Waals surface area contributed by atoms with Crippen LogP contribution in [0.2, 0.25) is 0 Å². The quantitative estimate of drug-likeness (QED) is 0.365. The van der Waals surface area contributed by atoms with Crippen LogP contribution < -0.4 is 0 Å². The van der Waals surface area contributed by atoms with Crippen LogP contribution in [-0.4, -0.2) is 0 Å². The van der Waals surface area contributed by atoms with Crippen LogP contribution in [-0.2, 0) is 0 Å². The zero-order chi connectivity index (χ0) is 17.5. The van der Waals surface area contributed by atoms with Crippen LogP contribution in [0.5, 0.6) is 0 Å². The van der Waals surface area contributed by atoms with E-state index in [9.17, 15) is 0 Å². The van der Waals surface area contributed by atoms with Gasteiger partial charge < -0.3 is 0 Å². The lowest BCUT2D eigenvalue weighted by molar-refractivity contribution is -0.0697. The fourth-order valence-corrected chi connectivity index (χ4v) is 6.03. The first-order valence-corrected chi connectivity index (χ1v) is 10.3. The van der Waals surface area contributed by atoms with Crippen LogP contribution >= 0.6 is 0 Å². The van der Waals surface area contributed by atoms with E-state index in [4.69, 9.17) is 0 Å². The molecule has 0 saturated heterocycles. The van der Waals surface area contributed by atoms with Gasteiger partial charge in [0.05, 0.1) is 0 Å². The van der Waals surface area contributed by atoms with Gasteiger partial charge in [0.1, 0.15) is 0 Å². The highest BCUT2D eigenvalue weighted by Gasteiger charge is 2.49. The third-order valence-corrected chi connectivity index (χ3v) is 7.53. The second kappa shape index (κ2) is 9.99. The minimum absolute atomic E-state index is 0.486. The molecule has 0 amide bonds. The number of hydrogen-bond donors (Lipinski definition) is 0. The maximum Gasteiger partial charge on any atom is -0.0192 e. The monoisotopic (exact) mass is 310 g/mol. The third-order valence-electron chi connectivity index (χ3n) is 7.53. The number of rotatable bonds is 11. The van der Waals surface area contributed by atoms with Crippen molar-refractivity contribution in [3.63, 3.8) is 0 Å². The van der Waals surface area contributed by atoms with Gasteiger partial charge in [-0.2, -0.15) is 0 Å². The molecular formula is C22H46. The summed E-state index contributed by atoms with van der Waals surface area (Å²) in [6, 6.07) is 0. The molecule has 0 aliphatic carbocycles. The average Bonchev–Trinajstić information content (AvgIpc) is 2.51. The van der Waals surface area contributed by atoms with Crippen molar-refractivity contribution in [2.24, 2.45) is 40.9 Å². The summed E-state index contributed by atoms with van der Waals surface area (Å²) >= 11 is 0. The molecule has 0 aromatic heterocycles. The molecule has 0 spiro atoms. The maximum absolute atomic E-state index is 2.59. The van der Waals surface area contributed by atoms with Crippen molar-refractivity contribution >= 4 is 0 Å². The highest BCUT2D eigenvalue weighted by molar-refractivity contribution is 4.97. The van der Waals surface area contributed by atoms with E-state index in [2.05, 4.69) is 69.2 Å².